The molecule has 1 aliphatic heterocycles. The Balaban J connectivity index is 1.62. The molecule has 2 amide bonds. The molecule has 2 atom stereocenters. The van der Waals surface area contributed by atoms with E-state index in [9.17, 15) is 9.90 Å². The Hall–Kier alpha value is -2.03. The van der Waals surface area contributed by atoms with Crippen LogP contribution in [0, 0.1) is 0 Å². The minimum absolute atomic E-state index is 0.0129. The van der Waals surface area contributed by atoms with Gasteiger partial charge in [0.05, 0.1) is 23.5 Å². The Bertz CT molecular complexity index is 912. The summed E-state index contributed by atoms with van der Waals surface area (Å²) < 4.78 is 0. The summed E-state index contributed by atoms with van der Waals surface area (Å²) in [6, 6.07) is 12.5. The van der Waals surface area contributed by atoms with Gasteiger partial charge in [-0.3, -0.25) is 4.90 Å². The maximum atomic E-state index is 11.4. The standard InChI is InChI=1S/C23H31Cl2N5O2/c1-3-29(11-10-28(2)13-16-4-6-17(24)7-5-16)21-14-30(15-22(21)31)20-9-8-18(25)12-19(20)27-23(26)32/h4-9,12,21-22,31H,3,10-11,13-15H2,1-2H3,(H3,26,27,32)/t21-,22-/m1/s1. The van der Waals surface area contributed by atoms with E-state index >= 15 is 0 Å². The molecule has 0 bridgehead atoms. The summed E-state index contributed by atoms with van der Waals surface area (Å²) in [4.78, 5) is 18.0. The molecular weight excluding hydrogens is 449 g/mol. The first-order valence-electron chi connectivity index (χ1n) is 10.7. The fraction of sp³-hybridized carbons (Fsp3) is 0.435. The normalized spacial score (nSPS) is 18.5. The second-order valence-corrected chi connectivity index (χ2v) is 9.06. The Labute approximate surface area is 199 Å². The van der Waals surface area contributed by atoms with E-state index < -0.39 is 12.1 Å². The third kappa shape index (κ3) is 6.49. The lowest BCUT2D eigenvalue weighted by Gasteiger charge is -2.31. The maximum absolute atomic E-state index is 11.4. The Morgan fingerprint density at radius 2 is 1.84 bits per heavy atom. The first-order chi connectivity index (χ1) is 15.3. The average molecular weight is 480 g/mol. The van der Waals surface area contributed by atoms with Gasteiger partial charge in [0.15, 0.2) is 0 Å². The molecule has 1 fully saturated rings. The number of aliphatic hydroxyl groups excluding tert-OH is 1. The summed E-state index contributed by atoms with van der Waals surface area (Å²) >= 11 is 12.1. The summed E-state index contributed by atoms with van der Waals surface area (Å²) in [6.07, 6.45) is -0.506. The van der Waals surface area contributed by atoms with Crippen molar-refractivity contribution in [3.63, 3.8) is 0 Å². The minimum Gasteiger partial charge on any atom is -0.390 e. The van der Waals surface area contributed by atoms with Crippen LogP contribution in [-0.4, -0.2) is 72.9 Å². The van der Waals surface area contributed by atoms with Gasteiger partial charge in [-0.2, -0.15) is 0 Å². The molecule has 7 nitrogen and oxygen atoms in total. The van der Waals surface area contributed by atoms with Crippen molar-refractivity contribution in [3.8, 4) is 0 Å². The van der Waals surface area contributed by atoms with E-state index in [0.717, 1.165) is 36.9 Å². The largest absolute Gasteiger partial charge is 0.390 e. The number of urea groups is 1. The number of rotatable bonds is 9. The van der Waals surface area contributed by atoms with Crippen LogP contribution in [0.15, 0.2) is 42.5 Å². The van der Waals surface area contributed by atoms with Gasteiger partial charge in [-0.1, -0.05) is 42.3 Å². The molecule has 1 saturated heterocycles. The van der Waals surface area contributed by atoms with Crippen molar-refractivity contribution < 1.29 is 9.90 Å². The first kappa shape index (κ1) is 24.6. The van der Waals surface area contributed by atoms with E-state index in [4.69, 9.17) is 28.9 Å². The number of carbonyl (C=O) groups excluding carboxylic acids is 1. The molecule has 2 aromatic carbocycles. The highest BCUT2D eigenvalue weighted by atomic mass is 35.5. The zero-order chi connectivity index (χ0) is 23.3. The highest BCUT2D eigenvalue weighted by Crippen LogP contribution is 2.32. The van der Waals surface area contributed by atoms with Crippen molar-refractivity contribution in [2.75, 3.05) is 50.0 Å². The van der Waals surface area contributed by atoms with E-state index in [0.29, 0.717) is 23.8 Å². The van der Waals surface area contributed by atoms with Crippen LogP contribution in [0.3, 0.4) is 0 Å². The van der Waals surface area contributed by atoms with Crippen LogP contribution < -0.4 is 16.0 Å². The molecule has 32 heavy (non-hydrogen) atoms. The average Bonchev–Trinajstić information content (AvgIpc) is 3.11. The Morgan fingerprint density at radius 1 is 1.16 bits per heavy atom. The molecule has 1 aliphatic rings. The number of likely N-dealkylation sites (N-methyl/N-ethyl adjacent to an activating group) is 2. The van der Waals surface area contributed by atoms with Crippen LogP contribution in [0.2, 0.25) is 10.0 Å². The molecule has 174 valence electrons. The molecule has 0 radical (unpaired) electrons. The highest BCUT2D eigenvalue weighted by Gasteiger charge is 2.36. The molecule has 0 aromatic heterocycles. The summed E-state index contributed by atoms with van der Waals surface area (Å²) in [5.74, 6) is 0. The lowest BCUT2D eigenvalue weighted by molar-refractivity contribution is 0.0798. The number of aliphatic hydroxyl groups is 1. The minimum atomic E-state index is -0.649. The van der Waals surface area contributed by atoms with E-state index in [-0.39, 0.29) is 6.04 Å². The molecule has 4 N–H and O–H groups in total. The molecule has 0 aliphatic carbocycles. The number of carbonyl (C=O) groups is 1. The first-order valence-corrected chi connectivity index (χ1v) is 11.5. The van der Waals surface area contributed by atoms with Gasteiger partial charge in [0.2, 0.25) is 0 Å². The second-order valence-electron chi connectivity index (χ2n) is 8.18. The number of nitrogens with one attached hydrogen (secondary N) is 1. The van der Waals surface area contributed by atoms with Gasteiger partial charge >= 0.3 is 6.03 Å². The van der Waals surface area contributed by atoms with Crippen molar-refractivity contribution in [1.82, 2.24) is 9.80 Å². The summed E-state index contributed by atoms with van der Waals surface area (Å²) in [6.45, 7) is 6.59. The molecule has 0 spiro atoms. The van der Waals surface area contributed by atoms with Crippen molar-refractivity contribution in [2.24, 2.45) is 5.73 Å². The van der Waals surface area contributed by atoms with Gasteiger partial charge in [-0.25, -0.2) is 4.79 Å². The molecule has 0 unspecified atom stereocenters. The van der Waals surface area contributed by atoms with Crippen molar-refractivity contribution in [1.29, 1.82) is 0 Å². The Kier molecular flexibility index (Phi) is 8.62. The number of hydrogen-bond acceptors (Lipinski definition) is 5. The zero-order valence-electron chi connectivity index (χ0n) is 18.5. The quantitative estimate of drug-likeness (QED) is 0.512. The van der Waals surface area contributed by atoms with E-state index in [1.165, 1.54) is 5.56 Å². The summed E-state index contributed by atoms with van der Waals surface area (Å²) in [5.41, 5.74) is 7.87. The van der Waals surface area contributed by atoms with Gasteiger partial charge < -0.3 is 26.0 Å². The third-order valence-corrected chi connectivity index (χ3v) is 6.31. The number of amides is 2. The SMILES string of the molecule is CCN(CCN(C)Cc1ccc(Cl)cc1)[C@@H]1CN(c2ccc(Cl)cc2NC(N)=O)C[C@H]1O. The molecule has 3 rings (SSSR count). The molecule has 9 heteroatoms. The predicted molar refractivity (Wildman–Crippen MR) is 132 cm³/mol. The van der Waals surface area contributed by atoms with Crippen molar-refractivity contribution in [2.45, 2.75) is 25.6 Å². The Morgan fingerprint density at radius 3 is 2.50 bits per heavy atom. The summed E-state index contributed by atoms with van der Waals surface area (Å²) in [7, 11) is 2.09. The van der Waals surface area contributed by atoms with Crippen molar-refractivity contribution >= 4 is 40.6 Å². The van der Waals surface area contributed by atoms with Crippen LogP contribution in [0.5, 0.6) is 0 Å². The maximum Gasteiger partial charge on any atom is 0.316 e. The highest BCUT2D eigenvalue weighted by molar-refractivity contribution is 6.31. The molecule has 2 aromatic rings. The molecule has 1 heterocycles. The molecule has 0 saturated carbocycles. The van der Waals surface area contributed by atoms with Crippen LogP contribution in [-0.2, 0) is 6.54 Å². The van der Waals surface area contributed by atoms with Crippen LogP contribution in [0.25, 0.3) is 0 Å². The van der Waals surface area contributed by atoms with Crippen LogP contribution >= 0.6 is 23.2 Å². The number of hydrogen-bond donors (Lipinski definition) is 3. The number of halogens is 2. The van der Waals surface area contributed by atoms with E-state index in [1.54, 1.807) is 12.1 Å². The van der Waals surface area contributed by atoms with Crippen molar-refractivity contribution in [3.05, 3.63) is 58.1 Å². The number of anilines is 2. The number of nitrogens with two attached hydrogens (primary N) is 1. The topological polar surface area (TPSA) is 85.1 Å². The van der Waals surface area contributed by atoms with E-state index in [2.05, 4.69) is 34.0 Å². The molecular formula is C23H31Cl2N5O2. The number of β-amino-alcohol motifs (C(OH)–C–C–N with tert-alkyl or cyclic N) is 1. The fourth-order valence-electron chi connectivity index (χ4n) is 4.18. The summed E-state index contributed by atoms with van der Waals surface area (Å²) in [5, 5.41) is 14.7. The number of nitrogens with zero attached hydrogens (tertiary/aromatic N) is 3. The van der Waals surface area contributed by atoms with Gasteiger partial charge in [0.25, 0.3) is 0 Å². The monoisotopic (exact) mass is 479 g/mol. The van der Waals surface area contributed by atoms with Gasteiger partial charge in [0.1, 0.15) is 0 Å². The third-order valence-electron chi connectivity index (χ3n) is 5.83. The predicted octanol–water partition coefficient (Wildman–Crippen LogP) is 3.49. The van der Waals surface area contributed by atoms with Crippen LogP contribution in [0.4, 0.5) is 16.2 Å². The number of primary amides is 1. The second kappa shape index (κ2) is 11.2. The zero-order valence-corrected chi connectivity index (χ0v) is 20.0. The van der Waals surface area contributed by atoms with Gasteiger partial charge in [0, 0.05) is 42.8 Å². The van der Waals surface area contributed by atoms with Gasteiger partial charge in [-0.15, -0.1) is 0 Å². The lowest BCUT2D eigenvalue weighted by atomic mass is 10.1. The van der Waals surface area contributed by atoms with Crippen LogP contribution in [0.1, 0.15) is 12.5 Å². The lowest BCUT2D eigenvalue weighted by Crippen LogP contribution is -2.46. The van der Waals surface area contributed by atoms with Gasteiger partial charge in [-0.05, 0) is 49.5 Å². The number of benzene rings is 2. The van der Waals surface area contributed by atoms with E-state index in [1.807, 2.05) is 30.3 Å². The fourth-order valence-corrected chi connectivity index (χ4v) is 4.48. The smallest absolute Gasteiger partial charge is 0.316 e.